The Bertz CT molecular complexity index is 1780. The van der Waals surface area contributed by atoms with E-state index >= 15 is 0 Å². The van der Waals surface area contributed by atoms with Gasteiger partial charge in [0.1, 0.15) is 30.1 Å². The Morgan fingerprint density at radius 3 is 2.80 bits per heavy atom. The lowest BCUT2D eigenvalue weighted by atomic mass is 9.97. The number of benzene rings is 3. The Morgan fingerprint density at radius 1 is 1.12 bits per heavy atom. The van der Waals surface area contributed by atoms with Crippen LogP contribution in [-0.4, -0.2) is 32.4 Å². The standard InChI is InChI=1S/C31H27N5O4/c1-33-25-16-20(21-8-6-9-23-22(21)12-13-34-31(23)32)15-24-26(35-36(30(24)25)28-11-4-5-14-39-28)18-40-27-10-3-2-7-19(27)17-29(37)38/h2-3,6-10,12-13,15-16,28H,4-5,11,14,17-18H2,(H2,32,34)(H,37,38). The zero-order valence-electron chi connectivity index (χ0n) is 21.7. The van der Waals surface area contributed by atoms with Crippen molar-refractivity contribution in [2.24, 2.45) is 0 Å². The van der Waals surface area contributed by atoms with Gasteiger partial charge in [0.2, 0.25) is 5.69 Å². The van der Waals surface area contributed by atoms with Crippen LogP contribution in [0.1, 0.15) is 36.7 Å². The highest BCUT2D eigenvalue weighted by Gasteiger charge is 2.24. The highest BCUT2D eigenvalue weighted by Crippen LogP contribution is 2.40. The molecule has 1 aliphatic rings. The third-order valence-electron chi connectivity index (χ3n) is 7.23. The van der Waals surface area contributed by atoms with Crippen LogP contribution in [0.3, 0.4) is 0 Å². The maximum absolute atomic E-state index is 11.4. The molecule has 3 aromatic carbocycles. The van der Waals surface area contributed by atoms with E-state index in [0.717, 1.165) is 46.5 Å². The minimum atomic E-state index is -0.933. The number of nitrogens with two attached hydrogens (primary N) is 1. The summed E-state index contributed by atoms with van der Waals surface area (Å²) in [6.45, 7) is 8.79. The number of anilines is 1. The zero-order chi connectivity index (χ0) is 27.6. The molecule has 9 nitrogen and oxygen atoms in total. The summed E-state index contributed by atoms with van der Waals surface area (Å²) < 4.78 is 14.0. The van der Waals surface area contributed by atoms with Gasteiger partial charge in [-0.1, -0.05) is 36.4 Å². The molecule has 2 aromatic heterocycles. The Morgan fingerprint density at radius 2 is 2.00 bits per heavy atom. The SMILES string of the molecule is [C-]#[N+]c1cc(-c2cccc3c(N)nccc23)cc2c(COc3ccccc3CC(=O)O)nn(C3CCCCO3)c12. The van der Waals surface area contributed by atoms with E-state index < -0.39 is 5.97 Å². The highest BCUT2D eigenvalue weighted by molar-refractivity contribution is 6.05. The number of carbonyl (C=O) groups is 1. The van der Waals surface area contributed by atoms with E-state index in [9.17, 15) is 9.90 Å². The number of nitrogens with zero attached hydrogens (tertiary/aromatic N) is 4. The molecule has 9 heteroatoms. The van der Waals surface area contributed by atoms with Crippen molar-refractivity contribution in [2.45, 2.75) is 38.5 Å². The smallest absolute Gasteiger partial charge is 0.307 e. The monoisotopic (exact) mass is 533 g/mol. The predicted molar refractivity (Wildman–Crippen MR) is 152 cm³/mol. The molecule has 0 aliphatic carbocycles. The van der Waals surface area contributed by atoms with Crippen molar-refractivity contribution in [1.29, 1.82) is 0 Å². The molecule has 3 N–H and O–H groups in total. The molecule has 1 atom stereocenters. The molecule has 3 heterocycles. The number of nitrogen functional groups attached to an aromatic ring is 1. The van der Waals surface area contributed by atoms with Crippen molar-refractivity contribution in [3.8, 4) is 16.9 Å². The number of carboxylic acid groups (broad SMARTS) is 1. The number of pyridine rings is 1. The van der Waals surface area contributed by atoms with Crippen molar-refractivity contribution in [3.63, 3.8) is 0 Å². The topological polar surface area (TPSA) is 117 Å². The maximum atomic E-state index is 11.4. The van der Waals surface area contributed by atoms with Gasteiger partial charge in [0.05, 0.1) is 18.5 Å². The molecule has 1 unspecified atom stereocenters. The molecule has 5 aromatic rings. The van der Waals surface area contributed by atoms with Gasteiger partial charge in [-0.2, -0.15) is 5.10 Å². The van der Waals surface area contributed by atoms with Gasteiger partial charge in [-0.25, -0.2) is 14.5 Å². The second kappa shape index (κ2) is 10.7. The summed E-state index contributed by atoms with van der Waals surface area (Å²) in [5.41, 5.74) is 10.3. The van der Waals surface area contributed by atoms with Crippen LogP contribution in [0.2, 0.25) is 0 Å². The number of hydrogen-bond acceptors (Lipinski definition) is 6. The molecule has 0 spiro atoms. The van der Waals surface area contributed by atoms with Crippen LogP contribution in [-0.2, 0) is 22.6 Å². The molecule has 1 aliphatic heterocycles. The average Bonchev–Trinajstić information content (AvgIpc) is 3.35. The lowest BCUT2D eigenvalue weighted by molar-refractivity contribution is -0.136. The van der Waals surface area contributed by atoms with E-state index in [4.69, 9.17) is 26.9 Å². The first-order chi connectivity index (χ1) is 19.5. The van der Waals surface area contributed by atoms with Gasteiger partial charge in [0, 0.05) is 29.1 Å². The molecule has 1 fully saturated rings. The lowest BCUT2D eigenvalue weighted by Gasteiger charge is -2.24. The van der Waals surface area contributed by atoms with E-state index in [1.807, 2.05) is 47.1 Å². The van der Waals surface area contributed by atoms with Gasteiger partial charge in [0.15, 0.2) is 0 Å². The number of ether oxygens (including phenoxy) is 2. The summed E-state index contributed by atoms with van der Waals surface area (Å²) >= 11 is 0. The van der Waals surface area contributed by atoms with E-state index in [1.54, 1.807) is 24.4 Å². The molecular formula is C31H27N5O4. The molecule has 200 valence electrons. The molecular weight excluding hydrogens is 506 g/mol. The number of rotatable bonds is 7. The van der Waals surface area contributed by atoms with Crippen molar-refractivity contribution < 1.29 is 19.4 Å². The second-order valence-corrected chi connectivity index (χ2v) is 9.78. The highest BCUT2D eigenvalue weighted by atomic mass is 16.5. The fraction of sp³-hybridized carbons (Fsp3) is 0.226. The minimum Gasteiger partial charge on any atom is -0.487 e. The van der Waals surface area contributed by atoms with Crippen LogP contribution in [0.25, 0.3) is 37.6 Å². The number of carboxylic acids is 1. The van der Waals surface area contributed by atoms with Gasteiger partial charge in [-0.05, 0) is 60.0 Å². The first-order valence-electron chi connectivity index (χ1n) is 13.1. The zero-order valence-corrected chi connectivity index (χ0v) is 21.7. The third-order valence-corrected chi connectivity index (χ3v) is 7.23. The first-order valence-corrected chi connectivity index (χ1v) is 13.1. The maximum Gasteiger partial charge on any atom is 0.307 e. The van der Waals surface area contributed by atoms with E-state index in [-0.39, 0.29) is 19.3 Å². The van der Waals surface area contributed by atoms with Gasteiger partial charge in [0.25, 0.3) is 0 Å². The Labute approximate surface area is 230 Å². The van der Waals surface area contributed by atoms with Gasteiger partial charge in [-0.15, -0.1) is 0 Å². The molecule has 0 amide bonds. The fourth-order valence-electron chi connectivity index (χ4n) is 5.37. The summed E-state index contributed by atoms with van der Waals surface area (Å²) in [6.07, 6.45) is 4.06. The molecule has 6 rings (SSSR count). The van der Waals surface area contributed by atoms with Crippen LogP contribution >= 0.6 is 0 Å². The Balaban J connectivity index is 1.50. The number of hydrogen-bond donors (Lipinski definition) is 2. The molecule has 0 radical (unpaired) electrons. The first kappa shape index (κ1) is 25.3. The molecule has 0 saturated carbocycles. The number of aliphatic carboxylic acids is 1. The Kier molecular flexibility index (Phi) is 6.76. The van der Waals surface area contributed by atoms with Crippen LogP contribution in [0.15, 0.2) is 66.9 Å². The predicted octanol–water partition coefficient (Wildman–Crippen LogP) is 6.29. The van der Waals surface area contributed by atoms with Crippen molar-refractivity contribution >= 4 is 39.1 Å². The lowest BCUT2D eigenvalue weighted by Crippen LogP contribution is -2.19. The summed E-state index contributed by atoms with van der Waals surface area (Å²) in [7, 11) is 0. The summed E-state index contributed by atoms with van der Waals surface area (Å²) in [5, 5.41) is 16.8. The van der Waals surface area contributed by atoms with Gasteiger partial charge in [-0.3, -0.25) is 4.79 Å². The fourth-order valence-corrected chi connectivity index (χ4v) is 5.37. The molecule has 1 saturated heterocycles. The number of fused-ring (bicyclic) bond motifs is 2. The summed E-state index contributed by atoms with van der Waals surface area (Å²) in [4.78, 5) is 19.5. The van der Waals surface area contributed by atoms with E-state index in [0.29, 0.717) is 40.6 Å². The van der Waals surface area contributed by atoms with E-state index in [2.05, 4.69) is 9.83 Å². The average molecular weight is 534 g/mol. The summed E-state index contributed by atoms with van der Waals surface area (Å²) in [5.74, 6) is -0.000181. The third kappa shape index (κ3) is 4.70. The van der Waals surface area contributed by atoms with Crippen LogP contribution < -0.4 is 10.5 Å². The van der Waals surface area contributed by atoms with Crippen LogP contribution in [0, 0.1) is 6.57 Å². The number of para-hydroxylation sites is 1. The second-order valence-electron chi connectivity index (χ2n) is 9.78. The molecule has 40 heavy (non-hydrogen) atoms. The minimum absolute atomic E-state index is 0.0974. The number of aromatic nitrogens is 3. The van der Waals surface area contributed by atoms with Gasteiger partial charge >= 0.3 is 5.97 Å². The molecule has 0 bridgehead atoms. The van der Waals surface area contributed by atoms with Crippen molar-refractivity contribution in [3.05, 3.63) is 89.5 Å². The largest absolute Gasteiger partial charge is 0.487 e. The van der Waals surface area contributed by atoms with Crippen molar-refractivity contribution in [1.82, 2.24) is 14.8 Å². The normalized spacial score (nSPS) is 15.2. The Hall–Kier alpha value is -4.94. The van der Waals surface area contributed by atoms with E-state index in [1.165, 1.54) is 0 Å². The summed E-state index contributed by atoms with van der Waals surface area (Å²) in [6, 6.07) is 18.8. The van der Waals surface area contributed by atoms with Crippen molar-refractivity contribution in [2.75, 3.05) is 12.3 Å². The quantitative estimate of drug-likeness (QED) is 0.236. The van der Waals surface area contributed by atoms with Gasteiger partial charge < -0.3 is 20.3 Å². The van der Waals surface area contributed by atoms with Crippen LogP contribution in [0.5, 0.6) is 5.75 Å². The van der Waals surface area contributed by atoms with Crippen LogP contribution in [0.4, 0.5) is 11.5 Å².